The number of carbonyl (C=O) groups excluding carboxylic acids is 3. The topological polar surface area (TPSA) is 107 Å². The average Bonchev–Trinajstić information content (AvgIpc) is 3.34. The third-order valence-corrected chi connectivity index (χ3v) is 4.88. The van der Waals surface area contributed by atoms with E-state index >= 15 is 0 Å². The second-order valence-electron chi connectivity index (χ2n) is 6.73. The maximum absolute atomic E-state index is 13.1. The molecular formula is C19H18N2O7. The van der Waals surface area contributed by atoms with Crippen molar-refractivity contribution in [3.05, 3.63) is 46.9 Å². The van der Waals surface area contributed by atoms with Gasteiger partial charge < -0.3 is 23.9 Å². The molecule has 1 N–H and O–H groups in total. The summed E-state index contributed by atoms with van der Waals surface area (Å²) in [5.41, 5.74) is -0.124. The molecule has 2 aliphatic heterocycles. The molecule has 2 aliphatic rings. The lowest BCUT2D eigenvalue weighted by atomic mass is 9.91. The molecule has 2 aromatic rings. The summed E-state index contributed by atoms with van der Waals surface area (Å²) >= 11 is 0. The predicted octanol–water partition coefficient (Wildman–Crippen LogP) is 2.07. The normalized spacial score (nSPS) is 20.5. The molecule has 3 heterocycles. The molecule has 1 aromatic heterocycles. The van der Waals surface area contributed by atoms with E-state index in [-0.39, 0.29) is 19.1 Å². The number of esters is 1. The second kappa shape index (κ2) is 6.29. The number of hydrogen-bond acceptors (Lipinski definition) is 7. The SMILES string of the molecule is COC(=O)c1oc(CN2C(=O)NC(C)(c3ccc4c(c3)OCO4)C2=O)cc1C. The maximum Gasteiger partial charge on any atom is 0.374 e. The fraction of sp³-hybridized carbons (Fsp3) is 0.316. The van der Waals surface area contributed by atoms with Gasteiger partial charge in [0.2, 0.25) is 12.6 Å². The molecule has 3 amide bonds. The summed E-state index contributed by atoms with van der Waals surface area (Å²) in [7, 11) is 1.25. The molecule has 0 aliphatic carbocycles. The number of nitrogens with one attached hydrogen (secondary N) is 1. The highest BCUT2D eigenvalue weighted by Gasteiger charge is 2.49. The van der Waals surface area contributed by atoms with E-state index in [1.807, 2.05) is 0 Å². The number of furan rings is 1. The van der Waals surface area contributed by atoms with Crippen molar-refractivity contribution >= 4 is 17.9 Å². The molecule has 1 aromatic carbocycles. The number of fused-ring (bicyclic) bond motifs is 1. The largest absolute Gasteiger partial charge is 0.463 e. The third kappa shape index (κ3) is 2.67. The van der Waals surface area contributed by atoms with E-state index in [9.17, 15) is 14.4 Å². The van der Waals surface area contributed by atoms with Crippen LogP contribution in [0.5, 0.6) is 11.5 Å². The van der Waals surface area contributed by atoms with Crippen LogP contribution in [-0.4, -0.2) is 36.7 Å². The lowest BCUT2D eigenvalue weighted by Crippen LogP contribution is -2.40. The van der Waals surface area contributed by atoms with Gasteiger partial charge in [0.1, 0.15) is 11.3 Å². The summed E-state index contributed by atoms with van der Waals surface area (Å²) in [6.45, 7) is 3.31. The molecule has 0 radical (unpaired) electrons. The van der Waals surface area contributed by atoms with Gasteiger partial charge in [0.05, 0.1) is 13.7 Å². The first-order valence-electron chi connectivity index (χ1n) is 8.55. The maximum atomic E-state index is 13.1. The molecule has 0 saturated carbocycles. The number of amides is 3. The van der Waals surface area contributed by atoms with Crippen molar-refractivity contribution < 1.29 is 33.0 Å². The average molecular weight is 386 g/mol. The van der Waals surface area contributed by atoms with Gasteiger partial charge in [-0.3, -0.25) is 9.69 Å². The highest BCUT2D eigenvalue weighted by Crippen LogP contribution is 2.38. The van der Waals surface area contributed by atoms with Gasteiger partial charge >= 0.3 is 12.0 Å². The molecular weight excluding hydrogens is 368 g/mol. The summed E-state index contributed by atoms with van der Waals surface area (Å²) in [6, 6.07) is 6.13. The van der Waals surface area contributed by atoms with Crippen LogP contribution in [0, 0.1) is 6.92 Å². The van der Waals surface area contributed by atoms with Crippen molar-refractivity contribution in [3.8, 4) is 11.5 Å². The summed E-state index contributed by atoms with van der Waals surface area (Å²) in [6.07, 6.45) is 0. The number of methoxy groups -OCH3 is 1. The van der Waals surface area contributed by atoms with Gasteiger partial charge in [0.25, 0.3) is 5.91 Å². The van der Waals surface area contributed by atoms with Gasteiger partial charge in [-0.1, -0.05) is 6.07 Å². The van der Waals surface area contributed by atoms with Gasteiger partial charge in [-0.15, -0.1) is 0 Å². The summed E-state index contributed by atoms with van der Waals surface area (Å²) in [4.78, 5) is 38.3. The molecule has 1 saturated heterocycles. The summed E-state index contributed by atoms with van der Waals surface area (Å²) < 4.78 is 20.8. The second-order valence-corrected chi connectivity index (χ2v) is 6.73. The molecule has 9 heteroatoms. The van der Waals surface area contributed by atoms with E-state index in [0.29, 0.717) is 28.4 Å². The zero-order valence-electron chi connectivity index (χ0n) is 15.5. The number of benzene rings is 1. The van der Waals surface area contributed by atoms with Crippen molar-refractivity contribution in [2.24, 2.45) is 0 Å². The van der Waals surface area contributed by atoms with Crippen LogP contribution >= 0.6 is 0 Å². The first-order valence-corrected chi connectivity index (χ1v) is 8.55. The van der Waals surface area contributed by atoms with Gasteiger partial charge in [-0.25, -0.2) is 9.59 Å². The monoisotopic (exact) mass is 386 g/mol. The molecule has 1 unspecified atom stereocenters. The fourth-order valence-electron chi connectivity index (χ4n) is 3.32. The first-order chi connectivity index (χ1) is 13.3. The van der Waals surface area contributed by atoms with Crippen molar-refractivity contribution in [2.45, 2.75) is 25.9 Å². The molecule has 1 fully saturated rings. The smallest absolute Gasteiger partial charge is 0.374 e. The highest BCUT2D eigenvalue weighted by molar-refractivity contribution is 6.07. The van der Waals surface area contributed by atoms with Crippen molar-refractivity contribution in [1.29, 1.82) is 0 Å². The molecule has 0 spiro atoms. The predicted molar refractivity (Wildman–Crippen MR) is 93.8 cm³/mol. The van der Waals surface area contributed by atoms with Gasteiger partial charge in [0.15, 0.2) is 11.5 Å². The highest BCUT2D eigenvalue weighted by atomic mass is 16.7. The van der Waals surface area contributed by atoms with Crippen LogP contribution in [0.4, 0.5) is 4.79 Å². The molecule has 1 atom stereocenters. The van der Waals surface area contributed by atoms with Crippen LogP contribution in [0.15, 0.2) is 28.7 Å². The van der Waals surface area contributed by atoms with E-state index in [2.05, 4.69) is 10.1 Å². The Morgan fingerprint density at radius 3 is 2.75 bits per heavy atom. The van der Waals surface area contributed by atoms with Crippen molar-refractivity contribution in [1.82, 2.24) is 10.2 Å². The van der Waals surface area contributed by atoms with Gasteiger partial charge in [-0.2, -0.15) is 0 Å². The number of imide groups is 1. The summed E-state index contributed by atoms with van der Waals surface area (Å²) in [5, 5.41) is 2.72. The van der Waals surface area contributed by atoms with Crippen molar-refractivity contribution in [3.63, 3.8) is 0 Å². The zero-order chi connectivity index (χ0) is 20.1. The van der Waals surface area contributed by atoms with E-state index in [1.54, 1.807) is 38.1 Å². The Morgan fingerprint density at radius 1 is 1.25 bits per heavy atom. The molecule has 4 rings (SSSR count). The Bertz CT molecular complexity index is 996. The summed E-state index contributed by atoms with van der Waals surface area (Å²) in [5.74, 6) is 0.390. The van der Waals surface area contributed by atoms with E-state index in [1.165, 1.54) is 7.11 Å². The first kappa shape index (κ1) is 17.9. The Kier molecular flexibility index (Phi) is 4.02. The lowest BCUT2D eigenvalue weighted by Gasteiger charge is -2.22. The number of rotatable bonds is 4. The number of aryl methyl sites for hydroxylation is 1. The van der Waals surface area contributed by atoms with E-state index in [0.717, 1.165) is 4.90 Å². The number of nitrogens with zero attached hydrogens (tertiary/aromatic N) is 1. The van der Waals surface area contributed by atoms with Crippen LogP contribution in [0.1, 0.15) is 34.4 Å². The Morgan fingerprint density at radius 2 is 2.00 bits per heavy atom. The number of ether oxygens (including phenoxy) is 3. The molecule has 9 nitrogen and oxygen atoms in total. The third-order valence-electron chi connectivity index (χ3n) is 4.88. The minimum absolute atomic E-state index is 0.0445. The van der Waals surface area contributed by atoms with Crippen LogP contribution in [-0.2, 0) is 21.6 Å². The van der Waals surface area contributed by atoms with Crippen molar-refractivity contribution in [2.75, 3.05) is 13.9 Å². The Labute approximate surface area is 160 Å². The lowest BCUT2D eigenvalue weighted by molar-refractivity contribution is -0.131. The van der Waals surface area contributed by atoms with Crippen LogP contribution in [0.2, 0.25) is 0 Å². The Hall–Kier alpha value is -3.49. The standard InChI is InChI=1S/C19H18N2O7/c1-10-6-12(28-15(10)16(22)25-3)8-21-17(23)19(2,20-18(21)24)11-4-5-13-14(7-11)27-9-26-13/h4-7H,8-9H2,1-3H3,(H,20,24). The van der Waals surface area contributed by atoms with E-state index < -0.39 is 23.4 Å². The van der Waals surface area contributed by atoms with Crippen LogP contribution in [0.25, 0.3) is 0 Å². The van der Waals surface area contributed by atoms with Gasteiger partial charge in [-0.05, 0) is 37.6 Å². The molecule has 28 heavy (non-hydrogen) atoms. The minimum atomic E-state index is -1.26. The van der Waals surface area contributed by atoms with Crippen LogP contribution < -0.4 is 14.8 Å². The molecule has 146 valence electrons. The van der Waals surface area contributed by atoms with Crippen LogP contribution in [0.3, 0.4) is 0 Å². The van der Waals surface area contributed by atoms with E-state index in [4.69, 9.17) is 13.9 Å². The quantitative estimate of drug-likeness (QED) is 0.633. The molecule has 0 bridgehead atoms. The van der Waals surface area contributed by atoms with Gasteiger partial charge in [0, 0.05) is 5.56 Å². The zero-order valence-corrected chi connectivity index (χ0v) is 15.5. The minimum Gasteiger partial charge on any atom is -0.463 e. The number of carbonyl (C=O) groups is 3. The fourth-order valence-corrected chi connectivity index (χ4v) is 3.32. The number of urea groups is 1. The Balaban J connectivity index is 1.60. The number of hydrogen-bond donors (Lipinski definition) is 1.